The maximum atomic E-state index is 12.1. The quantitative estimate of drug-likeness (QED) is 0.900. The molecule has 1 aliphatic heterocycles. The van der Waals surface area contributed by atoms with Gasteiger partial charge in [-0.25, -0.2) is 0 Å². The average Bonchev–Trinajstić information content (AvgIpc) is 2.92. The summed E-state index contributed by atoms with van der Waals surface area (Å²) < 4.78 is 15.9. The van der Waals surface area contributed by atoms with Crippen LogP contribution in [0.5, 0.6) is 11.5 Å². The summed E-state index contributed by atoms with van der Waals surface area (Å²) in [6.45, 7) is 4.60. The van der Waals surface area contributed by atoms with Crippen molar-refractivity contribution in [3.63, 3.8) is 0 Å². The van der Waals surface area contributed by atoms with E-state index in [1.54, 1.807) is 19.9 Å². The Balaban J connectivity index is 1.63. The molecule has 1 aromatic heterocycles. The molecule has 1 aliphatic rings. The van der Waals surface area contributed by atoms with E-state index < -0.39 is 6.04 Å². The second kappa shape index (κ2) is 5.97. The highest BCUT2D eigenvalue weighted by Crippen LogP contribution is 2.32. The molecule has 0 bridgehead atoms. The van der Waals surface area contributed by atoms with Gasteiger partial charge in [-0.2, -0.15) is 0 Å². The second-order valence-electron chi connectivity index (χ2n) is 5.04. The van der Waals surface area contributed by atoms with Crippen molar-refractivity contribution < 1.29 is 18.8 Å². The number of hydrogen-bond acceptors (Lipinski definition) is 6. The van der Waals surface area contributed by atoms with Crippen molar-refractivity contribution >= 4 is 17.4 Å². The minimum atomic E-state index is -0.445. The smallest absolute Gasteiger partial charge is 0.247 e. The van der Waals surface area contributed by atoms with E-state index in [1.165, 1.54) is 0 Å². The highest BCUT2D eigenvalue weighted by Gasteiger charge is 2.17. The van der Waals surface area contributed by atoms with E-state index in [1.807, 2.05) is 18.2 Å². The van der Waals surface area contributed by atoms with Gasteiger partial charge in [-0.05, 0) is 26.0 Å². The van der Waals surface area contributed by atoms with E-state index in [4.69, 9.17) is 14.0 Å². The topological polar surface area (TPSA) is 85.6 Å². The summed E-state index contributed by atoms with van der Waals surface area (Å²) >= 11 is 0. The summed E-state index contributed by atoms with van der Waals surface area (Å²) in [7, 11) is 0. The van der Waals surface area contributed by atoms with Crippen molar-refractivity contribution in [1.29, 1.82) is 0 Å². The minimum Gasteiger partial charge on any atom is -0.486 e. The van der Waals surface area contributed by atoms with Gasteiger partial charge in [-0.1, -0.05) is 5.16 Å². The molecule has 22 heavy (non-hydrogen) atoms. The van der Waals surface area contributed by atoms with Gasteiger partial charge >= 0.3 is 0 Å². The Morgan fingerprint density at radius 1 is 1.23 bits per heavy atom. The zero-order valence-corrected chi connectivity index (χ0v) is 12.4. The molecule has 1 atom stereocenters. The van der Waals surface area contributed by atoms with Crippen LogP contribution >= 0.6 is 0 Å². The monoisotopic (exact) mass is 303 g/mol. The predicted molar refractivity (Wildman–Crippen MR) is 80.4 cm³/mol. The number of nitrogens with one attached hydrogen (secondary N) is 2. The summed E-state index contributed by atoms with van der Waals surface area (Å²) in [5.41, 5.74) is 0.781. The van der Waals surface area contributed by atoms with E-state index in [-0.39, 0.29) is 5.91 Å². The molecule has 0 spiro atoms. The number of anilines is 2. The number of carbonyl (C=O) groups excluding carboxylic acids is 1. The number of hydrogen-bond donors (Lipinski definition) is 2. The third-order valence-corrected chi connectivity index (χ3v) is 3.20. The number of ether oxygens (including phenoxy) is 2. The Hall–Kier alpha value is -2.70. The van der Waals surface area contributed by atoms with Gasteiger partial charge in [0.05, 0.1) is 0 Å². The largest absolute Gasteiger partial charge is 0.486 e. The molecule has 2 N–H and O–H groups in total. The van der Waals surface area contributed by atoms with Crippen LogP contribution in [-0.2, 0) is 4.79 Å². The first-order valence-corrected chi connectivity index (χ1v) is 7.02. The van der Waals surface area contributed by atoms with Crippen LogP contribution in [-0.4, -0.2) is 30.3 Å². The van der Waals surface area contributed by atoms with Gasteiger partial charge in [-0.15, -0.1) is 0 Å². The number of nitrogens with zero attached hydrogens (tertiary/aromatic N) is 1. The van der Waals surface area contributed by atoms with Crippen LogP contribution < -0.4 is 20.1 Å². The Morgan fingerprint density at radius 2 is 2.00 bits per heavy atom. The number of benzene rings is 1. The van der Waals surface area contributed by atoms with Crippen LogP contribution in [0.2, 0.25) is 0 Å². The van der Waals surface area contributed by atoms with Crippen LogP contribution in [0.1, 0.15) is 12.7 Å². The second-order valence-corrected chi connectivity index (χ2v) is 5.04. The molecule has 7 nitrogen and oxygen atoms in total. The van der Waals surface area contributed by atoms with E-state index in [2.05, 4.69) is 15.8 Å². The Kier molecular flexibility index (Phi) is 3.86. The van der Waals surface area contributed by atoms with Crippen molar-refractivity contribution in [2.75, 3.05) is 23.8 Å². The average molecular weight is 303 g/mol. The van der Waals surface area contributed by atoms with Gasteiger partial charge in [0.15, 0.2) is 17.3 Å². The highest BCUT2D eigenvalue weighted by molar-refractivity contribution is 5.95. The Morgan fingerprint density at radius 3 is 2.73 bits per heavy atom. The van der Waals surface area contributed by atoms with E-state index >= 15 is 0 Å². The number of carbonyl (C=O) groups is 1. The number of fused-ring (bicyclic) bond motifs is 1. The molecule has 1 aromatic carbocycles. The van der Waals surface area contributed by atoms with Gasteiger partial charge < -0.3 is 24.6 Å². The molecule has 0 aliphatic carbocycles. The molecule has 1 unspecified atom stereocenters. The molecule has 116 valence electrons. The standard InChI is InChI=1S/C15H17N3O4/c1-9-7-14(18-22-9)17-15(19)10(2)16-11-3-4-12-13(8-11)21-6-5-20-12/h3-4,7-8,10,16H,5-6H2,1-2H3,(H,17,18,19). The fourth-order valence-corrected chi connectivity index (χ4v) is 2.11. The normalized spacial score (nSPS) is 14.3. The van der Waals surface area contributed by atoms with Crippen molar-refractivity contribution in [2.24, 2.45) is 0 Å². The van der Waals surface area contributed by atoms with Crippen molar-refractivity contribution in [3.05, 3.63) is 30.0 Å². The van der Waals surface area contributed by atoms with Crippen LogP contribution in [0.15, 0.2) is 28.8 Å². The lowest BCUT2D eigenvalue weighted by Crippen LogP contribution is -2.32. The maximum Gasteiger partial charge on any atom is 0.247 e. The molecular weight excluding hydrogens is 286 g/mol. The molecule has 0 fully saturated rings. The van der Waals surface area contributed by atoms with Crippen LogP contribution in [0, 0.1) is 6.92 Å². The maximum absolute atomic E-state index is 12.1. The summed E-state index contributed by atoms with van der Waals surface area (Å²) in [5, 5.41) is 9.53. The lowest BCUT2D eigenvalue weighted by Gasteiger charge is -2.20. The summed E-state index contributed by atoms with van der Waals surface area (Å²) in [6, 6.07) is 6.70. The minimum absolute atomic E-state index is 0.205. The molecule has 0 saturated heterocycles. The first-order valence-electron chi connectivity index (χ1n) is 7.02. The Bertz CT molecular complexity index is 683. The fourth-order valence-electron chi connectivity index (χ4n) is 2.11. The van der Waals surface area contributed by atoms with Crippen molar-refractivity contribution in [3.8, 4) is 11.5 Å². The number of rotatable bonds is 4. The first kappa shape index (κ1) is 14.2. The molecular formula is C15H17N3O4. The summed E-state index contributed by atoms with van der Waals surface area (Å²) in [5.74, 6) is 2.23. The van der Waals surface area contributed by atoms with E-state index in [0.29, 0.717) is 36.3 Å². The SMILES string of the molecule is Cc1cc(NC(=O)C(C)Nc2ccc3c(c2)OCCO3)no1. The van der Waals surface area contributed by atoms with Gasteiger partial charge in [-0.3, -0.25) is 4.79 Å². The predicted octanol–water partition coefficient (Wildman–Crippen LogP) is 2.19. The highest BCUT2D eigenvalue weighted by atomic mass is 16.6. The Labute approximate surface area is 127 Å². The molecule has 2 aromatic rings. The van der Waals surface area contributed by atoms with E-state index in [9.17, 15) is 4.79 Å². The molecule has 1 amide bonds. The van der Waals surface area contributed by atoms with Gasteiger partial charge in [0.25, 0.3) is 0 Å². The van der Waals surface area contributed by atoms with Crippen molar-refractivity contribution in [1.82, 2.24) is 5.16 Å². The third kappa shape index (κ3) is 3.13. The zero-order chi connectivity index (χ0) is 15.5. The van der Waals surface area contributed by atoms with Crippen LogP contribution in [0.3, 0.4) is 0 Å². The third-order valence-electron chi connectivity index (χ3n) is 3.20. The number of aryl methyl sites for hydroxylation is 1. The number of aromatic nitrogens is 1. The summed E-state index contributed by atoms with van der Waals surface area (Å²) in [6.07, 6.45) is 0. The van der Waals surface area contributed by atoms with Gasteiger partial charge in [0, 0.05) is 17.8 Å². The molecule has 0 radical (unpaired) electrons. The van der Waals surface area contributed by atoms with Gasteiger partial charge in [0.2, 0.25) is 5.91 Å². The van der Waals surface area contributed by atoms with Crippen LogP contribution in [0.4, 0.5) is 11.5 Å². The molecule has 0 saturated carbocycles. The molecule has 3 rings (SSSR count). The molecule has 7 heteroatoms. The lowest BCUT2D eigenvalue weighted by molar-refractivity contribution is -0.116. The zero-order valence-electron chi connectivity index (χ0n) is 12.4. The molecule has 2 heterocycles. The van der Waals surface area contributed by atoms with Crippen molar-refractivity contribution in [2.45, 2.75) is 19.9 Å². The lowest BCUT2D eigenvalue weighted by atomic mass is 10.2. The van der Waals surface area contributed by atoms with E-state index in [0.717, 1.165) is 5.69 Å². The summed E-state index contributed by atoms with van der Waals surface area (Å²) in [4.78, 5) is 12.1. The first-order chi connectivity index (χ1) is 10.6. The fraction of sp³-hybridized carbons (Fsp3) is 0.333. The van der Waals surface area contributed by atoms with Gasteiger partial charge in [0.1, 0.15) is 25.0 Å². The van der Waals surface area contributed by atoms with Crippen LogP contribution in [0.25, 0.3) is 0 Å². The number of amides is 1.